The summed E-state index contributed by atoms with van der Waals surface area (Å²) in [5.41, 5.74) is 3.10. The van der Waals surface area contributed by atoms with Crippen LogP contribution in [0.15, 0.2) is 18.2 Å². The van der Waals surface area contributed by atoms with E-state index in [9.17, 15) is 9.59 Å². The molecule has 8 heteroatoms. The molecule has 26 heavy (non-hydrogen) atoms. The van der Waals surface area contributed by atoms with E-state index in [1.54, 1.807) is 16.8 Å². The molecule has 2 N–H and O–H groups in total. The maximum absolute atomic E-state index is 12.6. The molecule has 0 saturated heterocycles. The van der Waals surface area contributed by atoms with Crippen molar-refractivity contribution in [1.82, 2.24) is 20.4 Å². The molecule has 1 fully saturated rings. The quantitative estimate of drug-likeness (QED) is 0.820. The molecule has 2 aliphatic rings. The lowest BCUT2D eigenvalue weighted by molar-refractivity contribution is -0.120. The first-order chi connectivity index (χ1) is 12.5. The molecule has 0 aliphatic heterocycles. The van der Waals surface area contributed by atoms with Crippen LogP contribution in [0.1, 0.15) is 41.0 Å². The smallest absolute Gasteiger partial charge is 0.272 e. The molecule has 6 nitrogen and oxygen atoms in total. The van der Waals surface area contributed by atoms with Crippen molar-refractivity contribution in [3.8, 4) is 5.69 Å². The second-order valence-electron chi connectivity index (χ2n) is 6.66. The Balaban J connectivity index is 1.55. The average molecular weight is 393 g/mol. The van der Waals surface area contributed by atoms with E-state index in [4.69, 9.17) is 23.2 Å². The van der Waals surface area contributed by atoms with Gasteiger partial charge >= 0.3 is 0 Å². The predicted octanol–water partition coefficient (Wildman–Crippen LogP) is 2.68. The van der Waals surface area contributed by atoms with Gasteiger partial charge < -0.3 is 10.6 Å². The first-order valence-electron chi connectivity index (χ1n) is 8.66. The molecule has 2 amide bonds. The Kier molecular flexibility index (Phi) is 4.63. The molecular weight excluding hydrogens is 375 g/mol. The number of aromatic nitrogens is 2. The Hall–Kier alpha value is -2.05. The fraction of sp³-hybridized carbons (Fsp3) is 0.389. The molecule has 2 aliphatic carbocycles. The highest BCUT2D eigenvalue weighted by Gasteiger charge is 2.28. The van der Waals surface area contributed by atoms with E-state index in [1.165, 1.54) is 0 Å². The van der Waals surface area contributed by atoms with Crippen LogP contribution in [0.2, 0.25) is 10.0 Å². The van der Waals surface area contributed by atoms with Crippen LogP contribution in [0.4, 0.5) is 0 Å². The van der Waals surface area contributed by atoms with Crippen molar-refractivity contribution in [2.45, 2.75) is 38.1 Å². The zero-order valence-electron chi connectivity index (χ0n) is 14.0. The van der Waals surface area contributed by atoms with E-state index in [2.05, 4.69) is 15.7 Å². The number of nitrogens with one attached hydrogen (secondary N) is 2. The lowest BCUT2D eigenvalue weighted by atomic mass is 10.2. The number of nitrogens with zero attached hydrogens (tertiary/aromatic N) is 2. The second kappa shape index (κ2) is 6.93. The summed E-state index contributed by atoms with van der Waals surface area (Å²) in [6.45, 7) is -0.0380. The van der Waals surface area contributed by atoms with E-state index in [-0.39, 0.29) is 24.4 Å². The minimum Gasteiger partial charge on any atom is -0.352 e. The van der Waals surface area contributed by atoms with Crippen molar-refractivity contribution in [3.63, 3.8) is 0 Å². The Labute approximate surface area is 160 Å². The summed E-state index contributed by atoms with van der Waals surface area (Å²) >= 11 is 12.1. The van der Waals surface area contributed by atoms with Gasteiger partial charge in [-0.05, 0) is 50.3 Å². The Morgan fingerprint density at radius 2 is 2.00 bits per heavy atom. The molecule has 0 unspecified atom stereocenters. The molecule has 1 aromatic heterocycles. The SMILES string of the molecule is O=C(CNC(=O)c1nn(-c2ccc(Cl)c(Cl)c2)c2c1CCC2)NC1CC1. The molecule has 1 heterocycles. The van der Waals surface area contributed by atoms with Crippen LogP contribution in [0, 0.1) is 0 Å². The topological polar surface area (TPSA) is 76.0 Å². The summed E-state index contributed by atoms with van der Waals surface area (Å²) in [6.07, 6.45) is 4.64. The molecule has 0 radical (unpaired) electrons. The van der Waals surface area contributed by atoms with Crippen molar-refractivity contribution in [3.05, 3.63) is 45.2 Å². The van der Waals surface area contributed by atoms with Gasteiger partial charge in [-0.15, -0.1) is 0 Å². The summed E-state index contributed by atoms with van der Waals surface area (Å²) in [5, 5.41) is 10.9. The van der Waals surface area contributed by atoms with Gasteiger partial charge in [0.05, 0.1) is 22.3 Å². The third kappa shape index (κ3) is 3.44. The molecular formula is C18H18Cl2N4O2. The van der Waals surface area contributed by atoms with Gasteiger partial charge in [-0.3, -0.25) is 9.59 Å². The van der Waals surface area contributed by atoms with Gasteiger partial charge in [0, 0.05) is 17.3 Å². The molecule has 0 atom stereocenters. The van der Waals surface area contributed by atoms with Crippen LogP contribution in [-0.2, 0) is 17.6 Å². The highest BCUT2D eigenvalue weighted by Crippen LogP contribution is 2.30. The van der Waals surface area contributed by atoms with Gasteiger partial charge in [-0.25, -0.2) is 4.68 Å². The predicted molar refractivity (Wildman–Crippen MR) is 99.1 cm³/mol. The number of amides is 2. The number of carbonyl (C=O) groups is 2. The number of benzene rings is 1. The fourth-order valence-corrected chi connectivity index (χ4v) is 3.49. The largest absolute Gasteiger partial charge is 0.352 e. The first kappa shape index (κ1) is 17.4. The van der Waals surface area contributed by atoms with Crippen LogP contribution < -0.4 is 10.6 Å². The second-order valence-corrected chi connectivity index (χ2v) is 7.48. The third-order valence-electron chi connectivity index (χ3n) is 4.65. The highest BCUT2D eigenvalue weighted by atomic mass is 35.5. The van der Waals surface area contributed by atoms with E-state index >= 15 is 0 Å². The zero-order chi connectivity index (χ0) is 18.3. The van der Waals surface area contributed by atoms with Crippen molar-refractivity contribution in [2.75, 3.05) is 6.54 Å². The first-order valence-corrected chi connectivity index (χ1v) is 9.42. The maximum atomic E-state index is 12.6. The van der Waals surface area contributed by atoms with E-state index in [0.29, 0.717) is 15.7 Å². The van der Waals surface area contributed by atoms with E-state index in [1.807, 2.05) is 6.07 Å². The lowest BCUT2D eigenvalue weighted by Gasteiger charge is -2.07. The van der Waals surface area contributed by atoms with Crippen LogP contribution in [0.25, 0.3) is 5.69 Å². The molecule has 1 aromatic carbocycles. The summed E-state index contributed by atoms with van der Waals surface area (Å²) in [6, 6.07) is 5.55. The molecule has 136 valence electrons. The van der Waals surface area contributed by atoms with Crippen LogP contribution >= 0.6 is 23.2 Å². The van der Waals surface area contributed by atoms with Crippen molar-refractivity contribution in [1.29, 1.82) is 0 Å². The Bertz CT molecular complexity index is 890. The molecule has 2 aromatic rings. The molecule has 1 saturated carbocycles. The summed E-state index contributed by atoms with van der Waals surface area (Å²) in [7, 11) is 0. The van der Waals surface area contributed by atoms with Gasteiger partial charge in [-0.2, -0.15) is 5.10 Å². The molecule has 0 bridgehead atoms. The van der Waals surface area contributed by atoms with Crippen LogP contribution in [0.3, 0.4) is 0 Å². The van der Waals surface area contributed by atoms with Gasteiger partial charge in [0.2, 0.25) is 5.91 Å². The summed E-state index contributed by atoms with van der Waals surface area (Å²) in [4.78, 5) is 24.3. The van der Waals surface area contributed by atoms with Crippen LogP contribution in [-0.4, -0.2) is 34.2 Å². The minimum atomic E-state index is -0.326. The number of carbonyl (C=O) groups excluding carboxylic acids is 2. The Morgan fingerprint density at radius 1 is 1.19 bits per heavy atom. The number of halogens is 2. The monoisotopic (exact) mass is 392 g/mol. The normalized spacial score (nSPS) is 15.6. The molecule has 4 rings (SSSR count). The minimum absolute atomic E-state index is 0.0380. The van der Waals surface area contributed by atoms with Crippen molar-refractivity contribution >= 4 is 35.0 Å². The number of hydrogen-bond acceptors (Lipinski definition) is 3. The number of rotatable bonds is 5. The standard InChI is InChI=1S/C18H18Cl2N4O2/c19-13-7-6-11(8-14(13)20)24-15-3-1-2-12(15)17(23-24)18(26)21-9-16(25)22-10-4-5-10/h6-8,10H,1-5,9H2,(H,21,26)(H,22,25). The van der Waals surface area contributed by atoms with Crippen molar-refractivity contribution in [2.24, 2.45) is 0 Å². The van der Waals surface area contributed by atoms with Gasteiger partial charge in [0.1, 0.15) is 0 Å². The summed E-state index contributed by atoms with van der Waals surface area (Å²) in [5.74, 6) is -0.491. The third-order valence-corrected chi connectivity index (χ3v) is 5.38. The van der Waals surface area contributed by atoms with E-state index in [0.717, 1.165) is 49.0 Å². The lowest BCUT2D eigenvalue weighted by Crippen LogP contribution is -2.38. The number of fused-ring (bicyclic) bond motifs is 1. The molecule has 0 spiro atoms. The zero-order valence-corrected chi connectivity index (χ0v) is 15.5. The highest BCUT2D eigenvalue weighted by molar-refractivity contribution is 6.42. The van der Waals surface area contributed by atoms with Gasteiger partial charge in [-0.1, -0.05) is 23.2 Å². The average Bonchev–Trinajstić information content (AvgIpc) is 3.16. The van der Waals surface area contributed by atoms with E-state index < -0.39 is 0 Å². The van der Waals surface area contributed by atoms with Gasteiger partial charge in [0.15, 0.2) is 5.69 Å². The van der Waals surface area contributed by atoms with Crippen LogP contribution in [0.5, 0.6) is 0 Å². The Morgan fingerprint density at radius 3 is 2.73 bits per heavy atom. The summed E-state index contributed by atoms with van der Waals surface area (Å²) < 4.78 is 1.75. The fourth-order valence-electron chi connectivity index (χ4n) is 3.20. The number of hydrogen-bond donors (Lipinski definition) is 2. The maximum Gasteiger partial charge on any atom is 0.272 e. The van der Waals surface area contributed by atoms with Crippen molar-refractivity contribution < 1.29 is 9.59 Å². The van der Waals surface area contributed by atoms with Gasteiger partial charge in [0.25, 0.3) is 5.91 Å².